The SMILES string of the molecule is C=CCNC(=O)c1ccc(-c2ccc(C)c(Cl)c2)o1. The van der Waals surface area contributed by atoms with Crippen molar-refractivity contribution in [2.45, 2.75) is 6.92 Å². The fourth-order valence-corrected chi connectivity index (χ4v) is 1.79. The minimum atomic E-state index is -0.260. The van der Waals surface area contributed by atoms with Gasteiger partial charge in [-0.05, 0) is 30.7 Å². The summed E-state index contributed by atoms with van der Waals surface area (Å²) in [6.07, 6.45) is 1.61. The first-order chi connectivity index (χ1) is 9.11. The van der Waals surface area contributed by atoms with Crippen LogP contribution in [0.3, 0.4) is 0 Å². The van der Waals surface area contributed by atoms with Crippen LogP contribution in [-0.4, -0.2) is 12.5 Å². The lowest BCUT2D eigenvalue weighted by atomic mass is 10.1. The minimum Gasteiger partial charge on any atom is -0.451 e. The molecule has 0 fully saturated rings. The second kappa shape index (κ2) is 5.76. The Kier molecular flexibility index (Phi) is 4.07. The van der Waals surface area contributed by atoms with E-state index in [9.17, 15) is 4.79 Å². The molecule has 98 valence electrons. The van der Waals surface area contributed by atoms with Crippen molar-refractivity contribution in [3.8, 4) is 11.3 Å². The van der Waals surface area contributed by atoms with Gasteiger partial charge in [-0.2, -0.15) is 0 Å². The number of amides is 1. The predicted molar refractivity (Wildman–Crippen MR) is 76.4 cm³/mol. The Morgan fingerprint density at radius 2 is 2.21 bits per heavy atom. The Balaban J connectivity index is 2.22. The van der Waals surface area contributed by atoms with Gasteiger partial charge in [-0.15, -0.1) is 6.58 Å². The number of nitrogens with one attached hydrogen (secondary N) is 1. The number of carbonyl (C=O) groups excluding carboxylic acids is 1. The van der Waals surface area contributed by atoms with Crippen LogP contribution in [0.5, 0.6) is 0 Å². The lowest BCUT2D eigenvalue weighted by molar-refractivity contribution is 0.0931. The van der Waals surface area contributed by atoms with Gasteiger partial charge < -0.3 is 9.73 Å². The quantitative estimate of drug-likeness (QED) is 0.862. The maximum absolute atomic E-state index is 11.7. The van der Waals surface area contributed by atoms with Crippen LogP contribution in [0.1, 0.15) is 16.1 Å². The molecule has 0 unspecified atom stereocenters. The molecule has 4 heteroatoms. The maximum Gasteiger partial charge on any atom is 0.287 e. The molecule has 1 heterocycles. The topological polar surface area (TPSA) is 42.2 Å². The van der Waals surface area contributed by atoms with Crippen LogP contribution in [0.15, 0.2) is 47.4 Å². The summed E-state index contributed by atoms with van der Waals surface area (Å²) < 4.78 is 5.52. The zero-order valence-corrected chi connectivity index (χ0v) is 11.3. The smallest absolute Gasteiger partial charge is 0.287 e. The number of halogens is 1. The monoisotopic (exact) mass is 275 g/mol. The Bertz CT molecular complexity index is 616. The van der Waals surface area contributed by atoms with Crippen molar-refractivity contribution in [2.24, 2.45) is 0 Å². The van der Waals surface area contributed by atoms with E-state index in [0.717, 1.165) is 11.1 Å². The summed E-state index contributed by atoms with van der Waals surface area (Å²) in [6, 6.07) is 9.04. The highest BCUT2D eigenvalue weighted by molar-refractivity contribution is 6.31. The van der Waals surface area contributed by atoms with Crippen LogP contribution in [0.4, 0.5) is 0 Å². The highest BCUT2D eigenvalue weighted by Gasteiger charge is 2.11. The van der Waals surface area contributed by atoms with E-state index in [-0.39, 0.29) is 11.7 Å². The molecule has 0 aliphatic heterocycles. The average Bonchev–Trinajstić information content (AvgIpc) is 2.89. The van der Waals surface area contributed by atoms with E-state index in [1.165, 1.54) is 0 Å². The fourth-order valence-electron chi connectivity index (χ4n) is 1.61. The van der Waals surface area contributed by atoms with Gasteiger partial charge >= 0.3 is 0 Å². The second-order valence-corrected chi connectivity index (χ2v) is 4.53. The van der Waals surface area contributed by atoms with Gasteiger partial charge in [0.1, 0.15) is 5.76 Å². The van der Waals surface area contributed by atoms with E-state index in [0.29, 0.717) is 17.3 Å². The molecular formula is C15H14ClNO2. The zero-order valence-electron chi connectivity index (χ0n) is 10.6. The summed E-state index contributed by atoms with van der Waals surface area (Å²) in [6.45, 7) is 5.88. The summed E-state index contributed by atoms with van der Waals surface area (Å²) in [5.41, 5.74) is 1.85. The first-order valence-corrected chi connectivity index (χ1v) is 6.25. The molecule has 2 rings (SSSR count). The van der Waals surface area contributed by atoms with E-state index in [1.54, 1.807) is 18.2 Å². The molecule has 1 aromatic carbocycles. The molecule has 1 N–H and O–H groups in total. The Morgan fingerprint density at radius 3 is 2.89 bits per heavy atom. The van der Waals surface area contributed by atoms with Crippen molar-refractivity contribution in [1.82, 2.24) is 5.32 Å². The third kappa shape index (κ3) is 3.06. The molecule has 2 aromatic rings. The molecule has 0 aliphatic rings. The van der Waals surface area contributed by atoms with Crippen LogP contribution < -0.4 is 5.32 Å². The van der Waals surface area contributed by atoms with Crippen molar-refractivity contribution in [1.29, 1.82) is 0 Å². The predicted octanol–water partition coefficient (Wildman–Crippen LogP) is 3.82. The normalized spacial score (nSPS) is 10.2. The molecular weight excluding hydrogens is 262 g/mol. The molecule has 0 saturated carbocycles. The third-order valence-electron chi connectivity index (χ3n) is 2.69. The molecule has 0 aliphatic carbocycles. The Hall–Kier alpha value is -2.00. The molecule has 0 spiro atoms. The van der Waals surface area contributed by atoms with Crippen molar-refractivity contribution < 1.29 is 9.21 Å². The average molecular weight is 276 g/mol. The van der Waals surface area contributed by atoms with Crippen molar-refractivity contribution in [3.05, 3.63) is 59.3 Å². The van der Waals surface area contributed by atoms with Crippen LogP contribution in [-0.2, 0) is 0 Å². The van der Waals surface area contributed by atoms with Gasteiger partial charge in [-0.3, -0.25) is 4.79 Å². The summed E-state index contributed by atoms with van der Waals surface area (Å²) in [7, 11) is 0. The van der Waals surface area contributed by atoms with Crippen molar-refractivity contribution in [2.75, 3.05) is 6.54 Å². The molecule has 0 bridgehead atoms. The maximum atomic E-state index is 11.7. The number of rotatable bonds is 4. The number of furan rings is 1. The van der Waals surface area contributed by atoms with E-state index >= 15 is 0 Å². The molecule has 1 aromatic heterocycles. The van der Waals surface area contributed by atoms with Gasteiger partial charge in [-0.1, -0.05) is 29.8 Å². The minimum absolute atomic E-state index is 0.260. The largest absolute Gasteiger partial charge is 0.451 e. The zero-order chi connectivity index (χ0) is 13.8. The Morgan fingerprint density at radius 1 is 1.42 bits per heavy atom. The molecule has 1 amide bonds. The highest BCUT2D eigenvalue weighted by Crippen LogP contribution is 2.26. The van der Waals surface area contributed by atoms with Gasteiger partial charge in [0.05, 0.1) is 0 Å². The van der Waals surface area contributed by atoms with Gasteiger partial charge in [0, 0.05) is 17.1 Å². The van der Waals surface area contributed by atoms with Gasteiger partial charge in [-0.25, -0.2) is 0 Å². The van der Waals surface area contributed by atoms with E-state index < -0.39 is 0 Å². The summed E-state index contributed by atoms with van der Waals surface area (Å²) in [5, 5.41) is 3.33. The molecule has 19 heavy (non-hydrogen) atoms. The summed E-state index contributed by atoms with van der Waals surface area (Å²) in [5.74, 6) is 0.628. The van der Waals surface area contributed by atoms with Gasteiger partial charge in [0.2, 0.25) is 0 Å². The first kappa shape index (κ1) is 13.4. The van der Waals surface area contributed by atoms with Gasteiger partial charge in [0.25, 0.3) is 5.91 Å². The second-order valence-electron chi connectivity index (χ2n) is 4.13. The van der Waals surface area contributed by atoms with Crippen molar-refractivity contribution in [3.63, 3.8) is 0 Å². The summed E-state index contributed by atoms with van der Waals surface area (Å²) in [4.78, 5) is 11.7. The number of benzene rings is 1. The first-order valence-electron chi connectivity index (χ1n) is 5.87. The van der Waals surface area contributed by atoms with Crippen molar-refractivity contribution >= 4 is 17.5 Å². The van der Waals surface area contributed by atoms with Crippen LogP contribution >= 0.6 is 11.6 Å². The number of aryl methyl sites for hydroxylation is 1. The van der Waals surface area contributed by atoms with Gasteiger partial charge in [0.15, 0.2) is 5.76 Å². The number of hydrogen-bond acceptors (Lipinski definition) is 2. The highest BCUT2D eigenvalue weighted by atomic mass is 35.5. The summed E-state index contributed by atoms with van der Waals surface area (Å²) >= 11 is 6.07. The van der Waals surface area contributed by atoms with Crippen LogP contribution in [0.25, 0.3) is 11.3 Å². The lowest BCUT2D eigenvalue weighted by Crippen LogP contribution is -2.22. The van der Waals surface area contributed by atoms with E-state index in [4.69, 9.17) is 16.0 Å². The van der Waals surface area contributed by atoms with Crippen LogP contribution in [0, 0.1) is 6.92 Å². The van der Waals surface area contributed by atoms with E-state index in [1.807, 2.05) is 25.1 Å². The molecule has 3 nitrogen and oxygen atoms in total. The lowest BCUT2D eigenvalue weighted by Gasteiger charge is -2.01. The van der Waals surface area contributed by atoms with Crippen LogP contribution in [0.2, 0.25) is 5.02 Å². The molecule has 0 radical (unpaired) electrons. The number of hydrogen-bond donors (Lipinski definition) is 1. The molecule has 0 atom stereocenters. The molecule has 0 saturated heterocycles. The van der Waals surface area contributed by atoms with E-state index in [2.05, 4.69) is 11.9 Å². The fraction of sp³-hybridized carbons (Fsp3) is 0.133. The standard InChI is InChI=1S/C15H14ClNO2/c1-3-8-17-15(18)14-7-6-13(19-14)11-5-4-10(2)12(16)9-11/h3-7,9H,1,8H2,2H3,(H,17,18). The third-order valence-corrected chi connectivity index (χ3v) is 3.10. The number of carbonyl (C=O) groups is 1. The Labute approximate surface area is 116 Å².